The normalized spacial score (nSPS) is 10.3. The molecule has 1 rings (SSSR count). The molecule has 1 aromatic rings. The van der Waals surface area contributed by atoms with Gasteiger partial charge in [-0.3, -0.25) is 0 Å². The average Bonchev–Trinajstić information content (AvgIpc) is 2.41. The number of benzene rings is 1. The fourth-order valence-corrected chi connectivity index (χ4v) is 2.73. The number of allylic oxidation sites excluding steroid dienone is 1. The first kappa shape index (κ1) is 18.6. The Kier molecular flexibility index (Phi) is 9.68. The van der Waals surface area contributed by atoms with Gasteiger partial charge in [-0.05, 0) is 44.9 Å². The number of sulfone groups is 1. The molecule has 0 saturated heterocycles. The Bertz CT molecular complexity index is 490. The summed E-state index contributed by atoms with van der Waals surface area (Å²) >= 11 is 0. The minimum atomic E-state index is -3.10. The van der Waals surface area contributed by atoms with E-state index in [1.807, 2.05) is 19.1 Å². The zero-order chi connectivity index (χ0) is 15.4. The first-order valence-corrected chi connectivity index (χ1v) is 8.34. The van der Waals surface area contributed by atoms with Gasteiger partial charge in [0.2, 0.25) is 0 Å². The van der Waals surface area contributed by atoms with Gasteiger partial charge in [0.15, 0.2) is 9.84 Å². The zero-order valence-electron chi connectivity index (χ0n) is 12.2. The van der Waals surface area contributed by atoms with Crippen LogP contribution in [0.25, 0.3) is 0 Å². The van der Waals surface area contributed by atoms with E-state index in [1.54, 1.807) is 24.3 Å². The molecule has 0 unspecified atom stereocenters. The molecule has 0 atom stereocenters. The van der Waals surface area contributed by atoms with Crippen LogP contribution in [0, 0.1) is 6.92 Å². The summed E-state index contributed by atoms with van der Waals surface area (Å²) in [5.41, 5.74) is 6.14. The van der Waals surface area contributed by atoms with Crippen molar-refractivity contribution >= 4 is 9.84 Å². The lowest BCUT2D eigenvalue weighted by Crippen LogP contribution is -2.06. The number of aryl methyl sites for hydroxylation is 1. The largest absolute Gasteiger partial charge is 0.330 e. The first-order valence-electron chi connectivity index (χ1n) is 6.69. The van der Waals surface area contributed by atoms with E-state index in [2.05, 4.69) is 13.2 Å². The van der Waals surface area contributed by atoms with Crippen LogP contribution in [-0.4, -0.2) is 20.7 Å². The van der Waals surface area contributed by atoms with Gasteiger partial charge in [0.05, 0.1) is 10.6 Å². The molecular weight excluding hydrogens is 270 g/mol. The van der Waals surface area contributed by atoms with Gasteiger partial charge in [-0.25, -0.2) is 8.42 Å². The van der Waals surface area contributed by atoms with Gasteiger partial charge in [0.25, 0.3) is 0 Å². The highest BCUT2D eigenvalue weighted by Gasteiger charge is 2.12. The van der Waals surface area contributed by atoms with Gasteiger partial charge in [-0.1, -0.05) is 29.8 Å². The number of rotatable bonds is 7. The summed E-state index contributed by atoms with van der Waals surface area (Å²) in [6.07, 6.45) is 5.86. The Labute approximate surface area is 123 Å². The molecule has 0 spiro atoms. The molecule has 112 valence electrons. The van der Waals surface area contributed by atoms with E-state index in [0.717, 1.165) is 24.9 Å². The van der Waals surface area contributed by atoms with Crippen molar-refractivity contribution in [3.8, 4) is 0 Å². The maximum absolute atomic E-state index is 11.8. The SMILES string of the molecule is C=CCCCS(=O)(=O)c1ccc(C)cc1.C=CCCN. The Morgan fingerprint density at radius 2 is 1.65 bits per heavy atom. The third-order valence-corrected chi connectivity index (χ3v) is 4.39. The molecule has 20 heavy (non-hydrogen) atoms. The number of nitrogens with two attached hydrogens (primary N) is 1. The third-order valence-electron chi connectivity index (χ3n) is 2.57. The monoisotopic (exact) mass is 295 g/mol. The van der Waals surface area contributed by atoms with E-state index in [1.165, 1.54) is 0 Å². The fourth-order valence-electron chi connectivity index (χ4n) is 1.40. The van der Waals surface area contributed by atoms with Crippen LogP contribution in [0.1, 0.15) is 24.8 Å². The number of hydrogen-bond acceptors (Lipinski definition) is 3. The van der Waals surface area contributed by atoms with Crippen LogP contribution in [0.2, 0.25) is 0 Å². The van der Waals surface area contributed by atoms with Gasteiger partial charge in [-0.2, -0.15) is 0 Å². The molecule has 0 aliphatic heterocycles. The molecule has 0 aliphatic carbocycles. The van der Waals surface area contributed by atoms with Crippen molar-refractivity contribution in [3.05, 3.63) is 55.1 Å². The van der Waals surface area contributed by atoms with Crippen molar-refractivity contribution in [3.63, 3.8) is 0 Å². The van der Waals surface area contributed by atoms with Crippen molar-refractivity contribution < 1.29 is 8.42 Å². The second-order valence-electron chi connectivity index (χ2n) is 4.43. The quantitative estimate of drug-likeness (QED) is 0.620. The summed E-state index contributed by atoms with van der Waals surface area (Å²) in [6, 6.07) is 6.97. The van der Waals surface area contributed by atoms with Crippen LogP contribution >= 0.6 is 0 Å². The maximum Gasteiger partial charge on any atom is 0.178 e. The van der Waals surface area contributed by atoms with Crippen LogP contribution in [0.3, 0.4) is 0 Å². The van der Waals surface area contributed by atoms with E-state index < -0.39 is 9.84 Å². The first-order chi connectivity index (χ1) is 9.47. The van der Waals surface area contributed by atoms with E-state index in [-0.39, 0.29) is 5.75 Å². The Balaban J connectivity index is 0.000000621. The Hall–Kier alpha value is -1.39. The summed E-state index contributed by atoms with van der Waals surface area (Å²) in [7, 11) is -3.10. The van der Waals surface area contributed by atoms with Crippen molar-refractivity contribution in [2.24, 2.45) is 5.73 Å². The Morgan fingerprint density at radius 3 is 2.05 bits per heavy atom. The minimum absolute atomic E-state index is 0.197. The summed E-state index contributed by atoms with van der Waals surface area (Å²) in [4.78, 5) is 0.414. The molecule has 0 aromatic heterocycles. The fraction of sp³-hybridized carbons (Fsp3) is 0.375. The van der Waals surface area contributed by atoms with E-state index >= 15 is 0 Å². The molecule has 0 bridgehead atoms. The maximum atomic E-state index is 11.8. The standard InChI is InChI=1S/C12H16O2S.C4H9N/c1-3-4-5-10-15(13,14)12-8-6-11(2)7-9-12;1-2-3-4-5/h3,6-9H,1,4-5,10H2,2H3;2H,1,3-5H2. The lowest BCUT2D eigenvalue weighted by atomic mass is 10.2. The highest BCUT2D eigenvalue weighted by molar-refractivity contribution is 7.91. The van der Waals surface area contributed by atoms with E-state index in [4.69, 9.17) is 5.73 Å². The number of unbranched alkanes of at least 4 members (excludes halogenated alkanes) is 1. The summed E-state index contributed by atoms with van der Waals surface area (Å²) in [5.74, 6) is 0.197. The van der Waals surface area contributed by atoms with Crippen LogP contribution in [0.5, 0.6) is 0 Å². The van der Waals surface area contributed by atoms with Crippen LogP contribution < -0.4 is 5.73 Å². The topological polar surface area (TPSA) is 60.2 Å². The second kappa shape index (κ2) is 10.4. The van der Waals surface area contributed by atoms with Crippen LogP contribution in [0.15, 0.2) is 54.5 Å². The number of hydrogen-bond donors (Lipinski definition) is 1. The molecule has 3 nitrogen and oxygen atoms in total. The van der Waals surface area contributed by atoms with Gasteiger partial charge in [0.1, 0.15) is 0 Å². The lowest BCUT2D eigenvalue weighted by Gasteiger charge is -2.03. The van der Waals surface area contributed by atoms with Crippen molar-refractivity contribution in [2.75, 3.05) is 12.3 Å². The predicted octanol–water partition coefficient (Wildman–Crippen LogP) is 3.26. The summed E-state index contributed by atoms with van der Waals surface area (Å²) in [5, 5.41) is 0. The molecular formula is C16H25NO2S. The Morgan fingerprint density at radius 1 is 1.10 bits per heavy atom. The molecule has 0 radical (unpaired) electrons. The van der Waals surface area contributed by atoms with Gasteiger partial charge in [0, 0.05) is 0 Å². The van der Waals surface area contributed by atoms with Gasteiger partial charge in [-0.15, -0.1) is 13.2 Å². The van der Waals surface area contributed by atoms with Crippen molar-refractivity contribution in [1.29, 1.82) is 0 Å². The van der Waals surface area contributed by atoms with Crippen molar-refractivity contribution in [2.45, 2.75) is 31.1 Å². The lowest BCUT2D eigenvalue weighted by molar-refractivity contribution is 0.593. The molecule has 0 amide bonds. The zero-order valence-corrected chi connectivity index (χ0v) is 13.0. The summed E-state index contributed by atoms with van der Waals surface area (Å²) < 4.78 is 23.6. The second-order valence-corrected chi connectivity index (χ2v) is 6.54. The highest BCUT2D eigenvalue weighted by Crippen LogP contribution is 2.13. The molecule has 0 fully saturated rings. The van der Waals surface area contributed by atoms with E-state index in [9.17, 15) is 8.42 Å². The third kappa shape index (κ3) is 7.92. The molecule has 0 aliphatic rings. The van der Waals surface area contributed by atoms with E-state index in [0.29, 0.717) is 11.3 Å². The molecule has 0 heterocycles. The highest BCUT2D eigenvalue weighted by atomic mass is 32.2. The predicted molar refractivity (Wildman–Crippen MR) is 86.5 cm³/mol. The minimum Gasteiger partial charge on any atom is -0.330 e. The summed E-state index contributed by atoms with van der Waals surface area (Å²) in [6.45, 7) is 9.70. The molecule has 0 saturated carbocycles. The van der Waals surface area contributed by atoms with Gasteiger partial charge >= 0.3 is 0 Å². The molecule has 2 N–H and O–H groups in total. The molecule has 4 heteroatoms. The van der Waals surface area contributed by atoms with Gasteiger partial charge < -0.3 is 5.73 Å². The van der Waals surface area contributed by atoms with Crippen molar-refractivity contribution in [1.82, 2.24) is 0 Å². The van der Waals surface area contributed by atoms with Crippen LogP contribution in [-0.2, 0) is 9.84 Å². The smallest absolute Gasteiger partial charge is 0.178 e. The van der Waals surface area contributed by atoms with Crippen LogP contribution in [0.4, 0.5) is 0 Å². The average molecular weight is 295 g/mol. The molecule has 1 aromatic carbocycles.